The van der Waals surface area contributed by atoms with E-state index in [0.717, 1.165) is 37.7 Å². The summed E-state index contributed by atoms with van der Waals surface area (Å²) in [6.45, 7) is 7.74. The Hall–Kier alpha value is -1.07. The summed E-state index contributed by atoms with van der Waals surface area (Å²) in [7, 11) is 0. The standard InChI is InChI=1S/C16H23F3N2/c1-12(2)20-9-14-6-7-21(11-14)10-13-4-3-5-15(8-13)16(17,18)19/h3-5,8,12,14,20H,6-7,9-11H2,1-2H3. The van der Waals surface area contributed by atoms with E-state index in [4.69, 9.17) is 0 Å². The van der Waals surface area contributed by atoms with E-state index < -0.39 is 11.7 Å². The summed E-state index contributed by atoms with van der Waals surface area (Å²) in [6, 6.07) is 6.13. The van der Waals surface area contributed by atoms with Gasteiger partial charge in [-0.15, -0.1) is 0 Å². The monoisotopic (exact) mass is 300 g/mol. The third-order valence-corrected chi connectivity index (χ3v) is 3.85. The van der Waals surface area contributed by atoms with Crippen LogP contribution in [0.3, 0.4) is 0 Å². The van der Waals surface area contributed by atoms with E-state index >= 15 is 0 Å². The molecule has 1 unspecified atom stereocenters. The molecule has 1 aromatic carbocycles. The number of halogens is 3. The molecule has 1 aromatic rings. The molecule has 1 heterocycles. The predicted octanol–water partition coefficient (Wildman–Crippen LogP) is 3.53. The van der Waals surface area contributed by atoms with Crippen molar-refractivity contribution in [3.8, 4) is 0 Å². The number of nitrogens with one attached hydrogen (secondary N) is 1. The molecule has 0 bridgehead atoms. The van der Waals surface area contributed by atoms with Crippen LogP contribution in [0.5, 0.6) is 0 Å². The van der Waals surface area contributed by atoms with Gasteiger partial charge >= 0.3 is 6.18 Å². The van der Waals surface area contributed by atoms with Gasteiger partial charge in [0.15, 0.2) is 0 Å². The number of hydrogen-bond acceptors (Lipinski definition) is 2. The van der Waals surface area contributed by atoms with E-state index in [1.807, 2.05) is 0 Å². The van der Waals surface area contributed by atoms with Crippen molar-refractivity contribution >= 4 is 0 Å². The van der Waals surface area contributed by atoms with E-state index in [9.17, 15) is 13.2 Å². The van der Waals surface area contributed by atoms with Crippen LogP contribution in [-0.2, 0) is 12.7 Å². The lowest BCUT2D eigenvalue weighted by molar-refractivity contribution is -0.137. The van der Waals surface area contributed by atoms with E-state index in [1.54, 1.807) is 6.07 Å². The van der Waals surface area contributed by atoms with Gasteiger partial charge in [-0.25, -0.2) is 0 Å². The van der Waals surface area contributed by atoms with Gasteiger partial charge in [0.05, 0.1) is 5.56 Å². The molecule has 5 heteroatoms. The Labute approximate surface area is 124 Å². The first-order valence-corrected chi connectivity index (χ1v) is 7.46. The van der Waals surface area contributed by atoms with Crippen LogP contribution in [0.15, 0.2) is 24.3 Å². The van der Waals surface area contributed by atoms with Crippen LogP contribution in [0.25, 0.3) is 0 Å². The van der Waals surface area contributed by atoms with Gasteiger partial charge in [-0.05, 0) is 37.1 Å². The minimum Gasteiger partial charge on any atom is -0.314 e. The van der Waals surface area contributed by atoms with Crippen molar-refractivity contribution in [1.82, 2.24) is 10.2 Å². The lowest BCUT2D eigenvalue weighted by Crippen LogP contribution is -2.30. The number of alkyl halides is 3. The highest BCUT2D eigenvalue weighted by Crippen LogP contribution is 2.30. The second-order valence-electron chi connectivity index (χ2n) is 6.15. The van der Waals surface area contributed by atoms with Crippen molar-refractivity contribution in [2.24, 2.45) is 5.92 Å². The largest absolute Gasteiger partial charge is 0.416 e. The second kappa shape index (κ2) is 6.79. The number of rotatable bonds is 5. The van der Waals surface area contributed by atoms with Gasteiger partial charge < -0.3 is 5.32 Å². The molecule has 21 heavy (non-hydrogen) atoms. The Kier molecular flexibility index (Phi) is 5.27. The molecule has 0 aliphatic carbocycles. The molecule has 2 nitrogen and oxygen atoms in total. The van der Waals surface area contributed by atoms with Gasteiger partial charge in [-0.1, -0.05) is 32.0 Å². The first kappa shape index (κ1) is 16.3. The highest BCUT2D eigenvalue weighted by molar-refractivity contribution is 5.25. The van der Waals surface area contributed by atoms with Crippen LogP contribution in [0, 0.1) is 5.92 Å². The Morgan fingerprint density at radius 3 is 2.76 bits per heavy atom. The smallest absolute Gasteiger partial charge is 0.314 e. The Bertz CT molecular complexity index is 457. The number of hydrogen-bond donors (Lipinski definition) is 1. The normalized spacial score (nSPS) is 20.4. The van der Waals surface area contributed by atoms with Crippen molar-refractivity contribution in [2.45, 2.75) is 39.0 Å². The minimum absolute atomic E-state index is 0.475. The van der Waals surface area contributed by atoms with Crippen LogP contribution >= 0.6 is 0 Å². The zero-order chi connectivity index (χ0) is 15.5. The Balaban J connectivity index is 1.88. The summed E-state index contributed by atoms with van der Waals surface area (Å²) in [5, 5.41) is 3.43. The molecule has 2 rings (SSSR count). The predicted molar refractivity (Wildman–Crippen MR) is 78.0 cm³/mol. The molecule has 0 amide bonds. The molecule has 1 aliphatic rings. The van der Waals surface area contributed by atoms with Crippen LogP contribution in [0.4, 0.5) is 13.2 Å². The fourth-order valence-electron chi connectivity index (χ4n) is 2.73. The molecular formula is C16H23F3N2. The van der Waals surface area contributed by atoms with Gasteiger partial charge in [0.25, 0.3) is 0 Å². The van der Waals surface area contributed by atoms with Crippen LogP contribution < -0.4 is 5.32 Å². The van der Waals surface area contributed by atoms with Gasteiger partial charge in [-0.2, -0.15) is 13.2 Å². The summed E-state index contributed by atoms with van der Waals surface area (Å²) in [5.41, 5.74) is 0.180. The van der Waals surface area contributed by atoms with Crippen LogP contribution in [-0.4, -0.2) is 30.6 Å². The number of nitrogens with zero attached hydrogens (tertiary/aromatic N) is 1. The van der Waals surface area contributed by atoms with Gasteiger partial charge in [-0.3, -0.25) is 4.90 Å². The number of likely N-dealkylation sites (tertiary alicyclic amines) is 1. The molecule has 1 aliphatic heterocycles. The zero-order valence-electron chi connectivity index (χ0n) is 12.6. The molecule has 1 atom stereocenters. The maximum atomic E-state index is 12.7. The zero-order valence-corrected chi connectivity index (χ0v) is 12.6. The van der Waals surface area contributed by atoms with Crippen molar-refractivity contribution in [2.75, 3.05) is 19.6 Å². The summed E-state index contributed by atoms with van der Waals surface area (Å²) in [4.78, 5) is 2.24. The molecular weight excluding hydrogens is 277 g/mol. The Morgan fingerprint density at radius 2 is 2.10 bits per heavy atom. The highest BCUT2D eigenvalue weighted by atomic mass is 19.4. The van der Waals surface area contributed by atoms with Crippen molar-refractivity contribution in [1.29, 1.82) is 0 Å². The van der Waals surface area contributed by atoms with E-state index in [1.165, 1.54) is 12.1 Å². The SMILES string of the molecule is CC(C)NCC1CCN(Cc2cccc(C(F)(F)F)c2)C1. The molecule has 1 N–H and O–H groups in total. The minimum atomic E-state index is -4.26. The average Bonchev–Trinajstić information content (AvgIpc) is 2.83. The lowest BCUT2D eigenvalue weighted by Gasteiger charge is -2.18. The fraction of sp³-hybridized carbons (Fsp3) is 0.625. The first-order chi connectivity index (χ1) is 9.84. The van der Waals surface area contributed by atoms with Crippen molar-refractivity contribution in [3.05, 3.63) is 35.4 Å². The maximum absolute atomic E-state index is 12.7. The topological polar surface area (TPSA) is 15.3 Å². The molecule has 1 saturated heterocycles. The molecule has 0 aromatic heterocycles. The summed E-state index contributed by atoms with van der Waals surface area (Å²) in [5.74, 6) is 0.596. The first-order valence-electron chi connectivity index (χ1n) is 7.46. The molecule has 0 spiro atoms. The van der Waals surface area contributed by atoms with Gasteiger partial charge in [0.2, 0.25) is 0 Å². The molecule has 0 radical (unpaired) electrons. The van der Waals surface area contributed by atoms with Gasteiger partial charge in [0.1, 0.15) is 0 Å². The van der Waals surface area contributed by atoms with Crippen LogP contribution in [0.2, 0.25) is 0 Å². The summed E-state index contributed by atoms with van der Waals surface area (Å²) in [6.07, 6.45) is -3.15. The Morgan fingerprint density at radius 1 is 1.33 bits per heavy atom. The maximum Gasteiger partial charge on any atom is 0.416 e. The number of benzene rings is 1. The third-order valence-electron chi connectivity index (χ3n) is 3.85. The highest BCUT2D eigenvalue weighted by Gasteiger charge is 2.30. The van der Waals surface area contributed by atoms with Gasteiger partial charge in [0, 0.05) is 19.1 Å². The lowest BCUT2D eigenvalue weighted by atomic mass is 10.1. The summed E-state index contributed by atoms with van der Waals surface area (Å²) >= 11 is 0. The quantitative estimate of drug-likeness (QED) is 0.895. The second-order valence-corrected chi connectivity index (χ2v) is 6.15. The fourth-order valence-corrected chi connectivity index (χ4v) is 2.73. The van der Waals surface area contributed by atoms with E-state index in [-0.39, 0.29) is 0 Å². The van der Waals surface area contributed by atoms with Crippen LogP contribution in [0.1, 0.15) is 31.4 Å². The molecule has 118 valence electrons. The average molecular weight is 300 g/mol. The van der Waals surface area contributed by atoms with Crippen molar-refractivity contribution < 1.29 is 13.2 Å². The van der Waals surface area contributed by atoms with E-state index in [0.29, 0.717) is 18.5 Å². The van der Waals surface area contributed by atoms with Crippen molar-refractivity contribution in [3.63, 3.8) is 0 Å². The van der Waals surface area contributed by atoms with E-state index in [2.05, 4.69) is 24.1 Å². The third kappa shape index (κ3) is 5.00. The summed E-state index contributed by atoms with van der Waals surface area (Å²) < 4.78 is 38.1. The molecule has 0 saturated carbocycles. The molecule has 1 fully saturated rings.